The standard InChI is InChI=1S/C19H17FN2OS/c20-15-6-8-16(9-7-15)22-11-10-17-18(12-22)24-19(21-17)23-13-14-4-2-1-3-5-14/h1-9,12,19H,10-11,13H2. The number of anilines is 1. The van der Waals surface area contributed by atoms with Crippen molar-refractivity contribution in [2.75, 3.05) is 11.4 Å². The molecule has 2 heterocycles. The van der Waals surface area contributed by atoms with Crippen molar-refractivity contribution in [2.45, 2.75) is 18.6 Å². The normalized spacial score (nSPS) is 19.7. The van der Waals surface area contributed by atoms with Gasteiger partial charge in [-0.25, -0.2) is 9.38 Å². The zero-order chi connectivity index (χ0) is 16.4. The quantitative estimate of drug-likeness (QED) is 0.815. The van der Waals surface area contributed by atoms with E-state index in [1.807, 2.05) is 18.2 Å². The van der Waals surface area contributed by atoms with Gasteiger partial charge in [-0.05, 0) is 29.8 Å². The van der Waals surface area contributed by atoms with Crippen LogP contribution >= 0.6 is 11.8 Å². The minimum absolute atomic E-state index is 0.181. The van der Waals surface area contributed by atoms with Gasteiger partial charge in [-0.3, -0.25) is 0 Å². The molecule has 4 rings (SSSR count). The molecule has 0 amide bonds. The molecule has 0 radical (unpaired) electrons. The Labute approximate surface area is 144 Å². The lowest BCUT2D eigenvalue weighted by atomic mass is 10.1. The fourth-order valence-corrected chi connectivity index (χ4v) is 3.78. The highest BCUT2D eigenvalue weighted by molar-refractivity contribution is 8.04. The monoisotopic (exact) mass is 340 g/mol. The summed E-state index contributed by atoms with van der Waals surface area (Å²) in [6.07, 6.45) is 2.97. The number of hydrogen-bond acceptors (Lipinski definition) is 4. The van der Waals surface area contributed by atoms with E-state index in [1.165, 1.54) is 12.1 Å². The Balaban J connectivity index is 1.42. The Hall–Kier alpha value is -2.11. The highest BCUT2D eigenvalue weighted by atomic mass is 32.2. The van der Waals surface area contributed by atoms with Crippen LogP contribution in [0.25, 0.3) is 0 Å². The molecule has 0 fully saturated rings. The summed E-state index contributed by atoms with van der Waals surface area (Å²) in [4.78, 5) is 7.95. The summed E-state index contributed by atoms with van der Waals surface area (Å²) in [6, 6.07) is 16.7. The SMILES string of the molecule is Fc1ccc(N2C=C3SC(OCc4ccccc4)N=C3CC2)cc1. The van der Waals surface area contributed by atoms with E-state index in [9.17, 15) is 4.39 Å². The molecule has 2 aromatic carbocycles. The molecule has 1 atom stereocenters. The molecular weight excluding hydrogens is 323 g/mol. The number of nitrogens with zero attached hydrogens (tertiary/aromatic N) is 2. The number of hydrogen-bond donors (Lipinski definition) is 0. The molecule has 5 heteroatoms. The Morgan fingerprint density at radius 3 is 2.71 bits per heavy atom. The number of halogens is 1. The average Bonchev–Trinajstić information content (AvgIpc) is 3.03. The van der Waals surface area contributed by atoms with Gasteiger partial charge < -0.3 is 9.64 Å². The topological polar surface area (TPSA) is 24.8 Å². The third-order valence-corrected chi connectivity index (χ3v) is 5.07. The Kier molecular flexibility index (Phi) is 4.36. The van der Waals surface area contributed by atoms with Crippen LogP contribution in [0.15, 0.2) is 70.7 Å². The first-order valence-corrected chi connectivity index (χ1v) is 8.79. The van der Waals surface area contributed by atoms with Crippen molar-refractivity contribution in [3.05, 3.63) is 77.1 Å². The maximum Gasteiger partial charge on any atom is 0.201 e. The molecular formula is C19H17FN2OS. The van der Waals surface area contributed by atoms with Crippen molar-refractivity contribution in [1.29, 1.82) is 0 Å². The maximum absolute atomic E-state index is 13.1. The van der Waals surface area contributed by atoms with Crippen molar-refractivity contribution in [2.24, 2.45) is 4.99 Å². The van der Waals surface area contributed by atoms with Crippen LogP contribution < -0.4 is 4.90 Å². The highest BCUT2D eigenvalue weighted by Gasteiger charge is 2.28. The number of aliphatic imine (C=N–C) groups is 1. The highest BCUT2D eigenvalue weighted by Crippen LogP contribution is 2.37. The van der Waals surface area contributed by atoms with E-state index < -0.39 is 0 Å². The lowest BCUT2D eigenvalue weighted by Gasteiger charge is -2.25. The molecule has 0 spiro atoms. The fraction of sp³-hybridized carbons (Fsp3) is 0.211. The molecule has 122 valence electrons. The number of rotatable bonds is 4. The molecule has 24 heavy (non-hydrogen) atoms. The number of ether oxygens (including phenoxy) is 1. The van der Waals surface area contributed by atoms with Gasteiger partial charge in [0.2, 0.25) is 5.56 Å². The predicted octanol–water partition coefficient (Wildman–Crippen LogP) is 4.57. The van der Waals surface area contributed by atoms with Crippen molar-refractivity contribution in [3.8, 4) is 0 Å². The molecule has 0 N–H and O–H groups in total. The van der Waals surface area contributed by atoms with Crippen molar-refractivity contribution >= 4 is 23.2 Å². The van der Waals surface area contributed by atoms with Crippen LogP contribution in [0.2, 0.25) is 0 Å². The third kappa shape index (κ3) is 3.37. The molecule has 3 nitrogen and oxygen atoms in total. The number of benzene rings is 2. The molecule has 1 unspecified atom stereocenters. The predicted molar refractivity (Wildman–Crippen MR) is 96.5 cm³/mol. The summed E-state index contributed by atoms with van der Waals surface area (Å²) in [5, 5.41) is 0. The molecule has 2 aromatic rings. The smallest absolute Gasteiger partial charge is 0.201 e. The number of allylic oxidation sites excluding steroid dienone is 1. The van der Waals surface area contributed by atoms with Gasteiger partial charge in [-0.15, -0.1) is 0 Å². The number of thioether (sulfide) groups is 1. The largest absolute Gasteiger partial charge is 0.346 e. The summed E-state index contributed by atoms with van der Waals surface area (Å²) in [5.74, 6) is -0.213. The zero-order valence-corrected chi connectivity index (χ0v) is 13.9. The van der Waals surface area contributed by atoms with Gasteiger partial charge >= 0.3 is 0 Å². The van der Waals surface area contributed by atoms with Crippen LogP contribution in [0.3, 0.4) is 0 Å². The van der Waals surface area contributed by atoms with Crippen LogP contribution in [0, 0.1) is 5.82 Å². The first-order chi connectivity index (χ1) is 11.8. The van der Waals surface area contributed by atoms with Gasteiger partial charge in [0.05, 0.1) is 12.3 Å². The van der Waals surface area contributed by atoms with Gasteiger partial charge in [-0.1, -0.05) is 42.1 Å². The fourth-order valence-electron chi connectivity index (χ4n) is 2.77. The summed E-state index contributed by atoms with van der Waals surface area (Å²) in [6.45, 7) is 1.41. The lowest BCUT2D eigenvalue weighted by molar-refractivity contribution is 0.106. The summed E-state index contributed by atoms with van der Waals surface area (Å²) in [7, 11) is 0. The number of fused-ring (bicyclic) bond motifs is 1. The van der Waals surface area contributed by atoms with Crippen molar-refractivity contribution < 1.29 is 9.13 Å². The Morgan fingerprint density at radius 1 is 1.12 bits per heavy atom. The van der Waals surface area contributed by atoms with Gasteiger partial charge in [0.25, 0.3) is 0 Å². The molecule has 2 aliphatic rings. The minimum Gasteiger partial charge on any atom is -0.346 e. The van der Waals surface area contributed by atoms with Gasteiger partial charge in [-0.2, -0.15) is 0 Å². The maximum atomic E-state index is 13.1. The summed E-state index contributed by atoms with van der Waals surface area (Å²) in [5.41, 5.74) is 3.07. The molecule has 0 aliphatic carbocycles. The molecule has 0 saturated heterocycles. The van der Waals surface area contributed by atoms with Crippen LogP contribution in [0.4, 0.5) is 10.1 Å². The molecule has 0 bridgehead atoms. The molecule has 0 saturated carbocycles. The second-order valence-electron chi connectivity index (χ2n) is 5.71. The van der Waals surface area contributed by atoms with Crippen LogP contribution in [0.5, 0.6) is 0 Å². The van der Waals surface area contributed by atoms with Crippen molar-refractivity contribution in [3.63, 3.8) is 0 Å². The third-order valence-electron chi connectivity index (χ3n) is 4.03. The van der Waals surface area contributed by atoms with E-state index in [0.29, 0.717) is 6.61 Å². The van der Waals surface area contributed by atoms with Crippen molar-refractivity contribution in [1.82, 2.24) is 0 Å². The van der Waals surface area contributed by atoms with E-state index in [2.05, 4.69) is 28.2 Å². The van der Waals surface area contributed by atoms with E-state index in [0.717, 1.165) is 34.8 Å². The van der Waals surface area contributed by atoms with Gasteiger partial charge in [0.1, 0.15) is 5.82 Å². The van der Waals surface area contributed by atoms with E-state index in [4.69, 9.17) is 4.74 Å². The second-order valence-corrected chi connectivity index (χ2v) is 6.79. The van der Waals surface area contributed by atoms with Crippen LogP contribution in [0.1, 0.15) is 12.0 Å². The Morgan fingerprint density at radius 2 is 1.92 bits per heavy atom. The molecule has 0 aromatic heterocycles. The minimum atomic E-state index is -0.213. The van der Waals surface area contributed by atoms with E-state index >= 15 is 0 Å². The van der Waals surface area contributed by atoms with E-state index in [-0.39, 0.29) is 11.4 Å². The average molecular weight is 340 g/mol. The summed E-state index contributed by atoms with van der Waals surface area (Å²) < 4.78 is 19.0. The summed E-state index contributed by atoms with van der Waals surface area (Å²) >= 11 is 1.63. The van der Waals surface area contributed by atoms with Crippen LogP contribution in [-0.2, 0) is 11.3 Å². The first-order valence-electron chi connectivity index (χ1n) is 7.91. The van der Waals surface area contributed by atoms with E-state index in [1.54, 1.807) is 23.9 Å². The Bertz CT molecular complexity index is 774. The lowest BCUT2D eigenvalue weighted by Crippen LogP contribution is -2.25. The van der Waals surface area contributed by atoms with Gasteiger partial charge in [0, 0.05) is 29.8 Å². The first kappa shape index (κ1) is 15.4. The van der Waals surface area contributed by atoms with Crippen LogP contribution in [-0.4, -0.2) is 17.8 Å². The second kappa shape index (κ2) is 6.79. The zero-order valence-electron chi connectivity index (χ0n) is 13.1. The van der Waals surface area contributed by atoms with Gasteiger partial charge in [0.15, 0.2) is 0 Å². The molecule has 2 aliphatic heterocycles.